The third-order valence-corrected chi connectivity index (χ3v) is 5.02. The van der Waals surface area contributed by atoms with Gasteiger partial charge in [0.25, 0.3) is 0 Å². The van der Waals surface area contributed by atoms with E-state index in [0.29, 0.717) is 0 Å². The van der Waals surface area contributed by atoms with Crippen LogP contribution in [-0.2, 0) is 13.0 Å². The van der Waals surface area contributed by atoms with Gasteiger partial charge in [-0.25, -0.2) is 4.98 Å². The van der Waals surface area contributed by atoms with Crippen LogP contribution in [0.3, 0.4) is 0 Å². The lowest BCUT2D eigenvalue weighted by atomic mass is 9.96. The average Bonchev–Trinajstić information content (AvgIpc) is 2.97. The van der Waals surface area contributed by atoms with Gasteiger partial charge in [-0.2, -0.15) is 0 Å². The van der Waals surface area contributed by atoms with Crippen LogP contribution in [0.1, 0.15) is 11.1 Å². The Labute approximate surface area is 127 Å². The maximum absolute atomic E-state index is 5.30. The summed E-state index contributed by atoms with van der Waals surface area (Å²) < 4.78 is 6.48. The van der Waals surface area contributed by atoms with Gasteiger partial charge in [-0.1, -0.05) is 18.2 Å². The molecule has 106 valence electrons. The molecule has 0 fully saturated rings. The van der Waals surface area contributed by atoms with E-state index in [-0.39, 0.29) is 0 Å². The van der Waals surface area contributed by atoms with Crippen LogP contribution in [0.2, 0.25) is 0 Å². The number of nitrogens with one attached hydrogen (secondary N) is 1. The number of methoxy groups -OCH3 is 1. The fourth-order valence-corrected chi connectivity index (χ4v) is 3.93. The van der Waals surface area contributed by atoms with E-state index < -0.39 is 0 Å². The summed E-state index contributed by atoms with van der Waals surface area (Å²) in [6.45, 7) is 2.00. The molecule has 21 heavy (non-hydrogen) atoms. The molecule has 3 aromatic rings. The van der Waals surface area contributed by atoms with Gasteiger partial charge < -0.3 is 10.1 Å². The lowest BCUT2D eigenvalue weighted by molar-refractivity contribution is 0.415. The summed E-state index contributed by atoms with van der Waals surface area (Å²) in [5.41, 5.74) is 5.18. The van der Waals surface area contributed by atoms with Crippen molar-refractivity contribution in [2.24, 2.45) is 0 Å². The summed E-state index contributed by atoms with van der Waals surface area (Å²) in [5, 5.41) is 4.54. The number of fused-ring (bicyclic) bond motifs is 2. The largest absolute Gasteiger partial charge is 0.497 e. The molecular weight excluding hydrogens is 280 g/mol. The SMILES string of the molecule is COc1ccc2nc(-c3cccc4c3CCNC4)sc2c1. The molecule has 0 amide bonds. The highest BCUT2D eigenvalue weighted by Crippen LogP contribution is 2.35. The Hall–Kier alpha value is -1.91. The lowest BCUT2D eigenvalue weighted by Crippen LogP contribution is -2.23. The molecule has 0 aliphatic carbocycles. The van der Waals surface area contributed by atoms with E-state index in [4.69, 9.17) is 9.72 Å². The van der Waals surface area contributed by atoms with Gasteiger partial charge in [-0.05, 0) is 42.3 Å². The van der Waals surface area contributed by atoms with Crippen molar-refractivity contribution in [2.45, 2.75) is 13.0 Å². The first-order chi connectivity index (χ1) is 10.3. The van der Waals surface area contributed by atoms with Crippen LogP contribution < -0.4 is 10.1 Å². The molecule has 0 bridgehead atoms. The monoisotopic (exact) mass is 296 g/mol. The molecule has 2 heterocycles. The second kappa shape index (κ2) is 5.13. The van der Waals surface area contributed by atoms with Crippen molar-refractivity contribution >= 4 is 21.6 Å². The van der Waals surface area contributed by atoms with Crippen molar-refractivity contribution in [1.29, 1.82) is 0 Å². The van der Waals surface area contributed by atoms with E-state index in [1.807, 2.05) is 12.1 Å². The predicted molar refractivity (Wildman–Crippen MR) is 87.0 cm³/mol. The Kier molecular flexibility index (Phi) is 3.13. The van der Waals surface area contributed by atoms with Crippen molar-refractivity contribution in [3.05, 3.63) is 47.5 Å². The minimum Gasteiger partial charge on any atom is -0.497 e. The van der Waals surface area contributed by atoms with Crippen LogP contribution in [0.5, 0.6) is 5.75 Å². The fourth-order valence-electron chi connectivity index (χ4n) is 2.88. The van der Waals surface area contributed by atoms with Crippen LogP contribution in [-0.4, -0.2) is 18.6 Å². The summed E-state index contributed by atoms with van der Waals surface area (Å²) in [6.07, 6.45) is 1.07. The van der Waals surface area contributed by atoms with Crippen LogP contribution in [0.25, 0.3) is 20.8 Å². The Balaban J connectivity index is 1.86. The smallest absolute Gasteiger partial charge is 0.124 e. The highest BCUT2D eigenvalue weighted by Gasteiger charge is 2.16. The molecule has 0 saturated heterocycles. The maximum atomic E-state index is 5.30. The minimum absolute atomic E-state index is 0.886. The molecule has 0 unspecified atom stereocenters. The molecule has 1 aromatic heterocycles. The highest BCUT2D eigenvalue weighted by atomic mass is 32.1. The van der Waals surface area contributed by atoms with E-state index in [2.05, 4.69) is 29.6 Å². The molecule has 0 atom stereocenters. The van der Waals surface area contributed by atoms with Gasteiger partial charge in [-0.3, -0.25) is 0 Å². The van der Waals surface area contributed by atoms with E-state index in [0.717, 1.165) is 35.8 Å². The van der Waals surface area contributed by atoms with E-state index in [1.165, 1.54) is 21.4 Å². The number of ether oxygens (including phenoxy) is 1. The first-order valence-corrected chi connectivity index (χ1v) is 7.93. The Morgan fingerprint density at radius 3 is 3.10 bits per heavy atom. The number of rotatable bonds is 2. The van der Waals surface area contributed by atoms with Crippen molar-refractivity contribution in [3.8, 4) is 16.3 Å². The van der Waals surface area contributed by atoms with Gasteiger partial charge in [0.2, 0.25) is 0 Å². The second-order valence-electron chi connectivity index (χ2n) is 5.22. The zero-order chi connectivity index (χ0) is 14.2. The molecular formula is C17H16N2OS. The molecule has 0 radical (unpaired) electrons. The summed E-state index contributed by atoms with van der Waals surface area (Å²) in [7, 11) is 1.70. The van der Waals surface area contributed by atoms with Crippen LogP contribution in [0.4, 0.5) is 0 Å². The second-order valence-corrected chi connectivity index (χ2v) is 6.25. The van der Waals surface area contributed by atoms with E-state index in [1.54, 1.807) is 18.4 Å². The number of thiazole rings is 1. The van der Waals surface area contributed by atoms with Crippen LogP contribution in [0.15, 0.2) is 36.4 Å². The Morgan fingerprint density at radius 1 is 1.24 bits per heavy atom. The molecule has 2 aromatic carbocycles. The summed E-state index contributed by atoms with van der Waals surface area (Å²) in [4.78, 5) is 4.81. The zero-order valence-corrected chi connectivity index (χ0v) is 12.7. The molecule has 1 N–H and O–H groups in total. The third kappa shape index (κ3) is 2.20. The van der Waals surface area contributed by atoms with Crippen molar-refractivity contribution in [3.63, 3.8) is 0 Å². The quantitative estimate of drug-likeness (QED) is 0.784. The molecule has 0 saturated carbocycles. The van der Waals surface area contributed by atoms with Gasteiger partial charge in [0.15, 0.2) is 0 Å². The van der Waals surface area contributed by atoms with Crippen molar-refractivity contribution < 1.29 is 4.74 Å². The first kappa shape index (κ1) is 12.8. The number of aromatic nitrogens is 1. The zero-order valence-electron chi connectivity index (χ0n) is 11.8. The van der Waals surface area contributed by atoms with Crippen LogP contribution >= 0.6 is 11.3 Å². The molecule has 1 aliphatic heterocycles. The third-order valence-electron chi connectivity index (χ3n) is 3.97. The van der Waals surface area contributed by atoms with E-state index >= 15 is 0 Å². The van der Waals surface area contributed by atoms with Gasteiger partial charge in [0.05, 0.1) is 17.3 Å². The molecule has 4 heteroatoms. The lowest BCUT2D eigenvalue weighted by Gasteiger charge is -2.19. The number of benzene rings is 2. The standard InChI is InChI=1S/C17H16N2OS/c1-20-12-5-6-15-16(9-12)21-17(19-15)14-4-2-3-11-10-18-8-7-13(11)14/h2-6,9,18H,7-8,10H2,1H3. The number of hydrogen-bond acceptors (Lipinski definition) is 4. The average molecular weight is 296 g/mol. The van der Waals surface area contributed by atoms with Gasteiger partial charge in [-0.15, -0.1) is 11.3 Å². The topological polar surface area (TPSA) is 34.1 Å². The minimum atomic E-state index is 0.886. The predicted octanol–water partition coefficient (Wildman–Crippen LogP) is 3.62. The number of nitrogens with zero attached hydrogens (tertiary/aromatic N) is 1. The molecule has 4 rings (SSSR count). The Bertz CT molecular complexity index is 810. The van der Waals surface area contributed by atoms with E-state index in [9.17, 15) is 0 Å². The summed E-state index contributed by atoms with van der Waals surface area (Å²) in [5.74, 6) is 0.886. The first-order valence-electron chi connectivity index (χ1n) is 7.11. The van der Waals surface area contributed by atoms with Crippen molar-refractivity contribution in [2.75, 3.05) is 13.7 Å². The van der Waals surface area contributed by atoms with Crippen LogP contribution in [0, 0.1) is 0 Å². The van der Waals surface area contributed by atoms with Crippen molar-refractivity contribution in [1.82, 2.24) is 10.3 Å². The number of hydrogen-bond donors (Lipinski definition) is 1. The maximum Gasteiger partial charge on any atom is 0.124 e. The summed E-state index contributed by atoms with van der Waals surface area (Å²) >= 11 is 1.74. The normalized spacial score (nSPS) is 14.1. The molecule has 0 spiro atoms. The summed E-state index contributed by atoms with van der Waals surface area (Å²) in [6, 6.07) is 12.6. The van der Waals surface area contributed by atoms with Gasteiger partial charge >= 0.3 is 0 Å². The fraction of sp³-hybridized carbons (Fsp3) is 0.235. The van der Waals surface area contributed by atoms with Gasteiger partial charge in [0.1, 0.15) is 10.8 Å². The molecule has 3 nitrogen and oxygen atoms in total. The van der Waals surface area contributed by atoms with Gasteiger partial charge in [0, 0.05) is 12.1 Å². The Morgan fingerprint density at radius 2 is 2.19 bits per heavy atom. The highest BCUT2D eigenvalue weighted by molar-refractivity contribution is 7.21. The molecule has 1 aliphatic rings.